The third-order valence-electron chi connectivity index (χ3n) is 8.12. The fourth-order valence-corrected chi connectivity index (χ4v) is 6.86. The van der Waals surface area contributed by atoms with Crippen LogP contribution in [0.2, 0.25) is 0 Å². The number of ether oxygens (including phenoxy) is 1. The van der Waals surface area contributed by atoms with Crippen LogP contribution in [0.4, 0.5) is 0 Å². The van der Waals surface area contributed by atoms with Crippen molar-refractivity contribution in [2.45, 2.75) is 71.0 Å². The predicted molar refractivity (Wildman–Crippen MR) is 80.8 cm³/mol. The van der Waals surface area contributed by atoms with Crippen LogP contribution in [-0.2, 0) is 9.53 Å². The molecule has 7 atom stereocenters. The number of epoxide rings is 1. The number of carbonyl (C=O) groups excluding carboxylic acids is 1. The lowest BCUT2D eigenvalue weighted by Crippen LogP contribution is -2.50. The summed E-state index contributed by atoms with van der Waals surface area (Å²) in [6.45, 7) is 4.97. The number of hydrogen-bond donors (Lipinski definition) is 0. The first-order valence-electron chi connectivity index (χ1n) is 8.92. The third kappa shape index (κ3) is 1.50. The molecule has 5 aliphatic rings. The van der Waals surface area contributed by atoms with Crippen molar-refractivity contribution in [2.24, 2.45) is 28.6 Å². The standard InChI is InChI=1S/C19H26O2/c1-18-7-5-12(20)9-11(18)3-4-13-14(18)6-8-19(2)15(13)10-16-17(19)21-16/h9,13-17H,3-8,10H2,1-2H3/t13?,14?,15?,16-,17-,18?,19?/m1/s1. The Morgan fingerprint density at radius 2 is 2.00 bits per heavy atom. The molecule has 2 nitrogen and oxygen atoms in total. The Morgan fingerprint density at radius 3 is 2.86 bits per heavy atom. The summed E-state index contributed by atoms with van der Waals surface area (Å²) in [7, 11) is 0. The van der Waals surface area contributed by atoms with Gasteiger partial charge in [-0.1, -0.05) is 19.4 Å². The van der Waals surface area contributed by atoms with Crippen LogP contribution in [0, 0.1) is 28.6 Å². The highest BCUT2D eigenvalue weighted by Crippen LogP contribution is 2.68. The van der Waals surface area contributed by atoms with Gasteiger partial charge in [0.05, 0.1) is 12.2 Å². The van der Waals surface area contributed by atoms with Crippen molar-refractivity contribution in [2.75, 3.05) is 0 Å². The van der Waals surface area contributed by atoms with Crippen LogP contribution < -0.4 is 0 Å². The predicted octanol–water partition coefficient (Wildman–Crippen LogP) is 3.90. The molecule has 0 radical (unpaired) electrons. The number of allylic oxidation sites excluding steroid dienone is 1. The van der Waals surface area contributed by atoms with E-state index in [2.05, 4.69) is 13.8 Å². The molecular formula is C19H26O2. The normalized spacial score (nSPS) is 57.7. The maximum Gasteiger partial charge on any atom is 0.155 e. The van der Waals surface area contributed by atoms with Crippen LogP contribution in [0.15, 0.2) is 11.6 Å². The molecule has 0 aromatic heterocycles. The largest absolute Gasteiger partial charge is 0.369 e. The van der Waals surface area contributed by atoms with Crippen molar-refractivity contribution in [3.63, 3.8) is 0 Å². The second kappa shape index (κ2) is 3.82. The molecule has 1 saturated heterocycles. The number of ketones is 1. The molecule has 0 spiro atoms. The van der Waals surface area contributed by atoms with Crippen molar-refractivity contribution >= 4 is 5.78 Å². The first-order valence-corrected chi connectivity index (χ1v) is 8.92. The van der Waals surface area contributed by atoms with Gasteiger partial charge in [0.25, 0.3) is 0 Å². The summed E-state index contributed by atoms with van der Waals surface area (Å²) in [5.41, 5.74) is 2.28. The van der Waals surface area contributed by atoms with E-state index in [0.29, 0.717) is 28.8 Å². The quantitative estimate of drug-likeness (QED) is 0.632. The maximum absolute atomic E-state index is 11.8. The zero-order chi connectivity index (χ0) is 14.4. The van der Waals surface area contributed by atoms with Crippen LogP contribution in [0.25, 0.3) is 0 Å². The number of rotatable bonds is 0. The van der Waals surface area contributed by atoms with E-state index < -0.39 is 0 Å². The van der Waals surface area contributed by atoms with Gasteiger partial charge >= 0.3 is 0 Å². The summed E-state index contributed by atoms with van der Waals surface area (Å²) in [5.74, 6) is 2.96. The monoisotopic (exact) mass is 286 g/mol. The molecule has 5 unspecified atom stereocenters. The minimum Gasteiger partial charge on any atom is -0.369 e. The van der Waals surface area contributed by atoms with Crippen molar-refractivity contribution < 1.29 is 9.53 Å². The zero-order valence-electron chi connectivity index (χ0n) is 13.2. The van der Waals surface area contributed by atoms with Crippen LogP contribution in [0.5, 0.6) is 0 Å². The van der Waals surface area contributed by atoms with E-state index in [1.807, 2.05) is 6.08 Å². The van der Waals surface area contributed by atoms with E-state index in [9.17, 15) is 4.79 Å². The fraction of sp³-hybridized carbons (Fsp3) is 0.842. The molecule has 5 rings (SSSR count). The van der Waals surface area contributed by atoms with Gasteiger partial charge in [0.15, 0.2) is 5.78 Å². The van der Waals surface area contributed by atoms with Crippen molar-refractivity contribution in [3.05, 3.63) is 11.6 Å². The third-order valence-corrected chi connectivity index (χ3v) is 8.12. The Morgan fingerprint density at radius 1 is 1.14 bits per heavy atom. The fourth-order valence-electron chi connectivity index (χ4n) is 6.86. The SMILES string of the molecule is CC12CCC(=O)C=C1CCC1C2CCC2(C)C1C[C@H]1O[C@H]12. The van der Waals surface area contributed by atoms with E-state index >= 15 is 0 Å². The number of fused-ring (bicyclic) bond motifs is 7. The molecule has 0 aromatic carbocycles. The number of carbonyl (C=O) groups is 1. The van der Waals surface area contributed by atoms with Gasteiger partial charge in [0, 0.05) is 6.42 Å². The van der Waals surface area contributed by atoms with Gasteiger partial charge in [0.1, 0.15) is 0 Å². The second-order valence-electron chi connectivity index (χ2n) is 8.84. The van der Waals surface area contributed by atoms with Crippen molar-refractivity contribution in [1.29, 1.82) is 0 Å². The summed E-state index contributed by atoms with van der Waals surface area (Å²) >= 11 is 0. The van der Waals surface area contributed by atoms with Gasteiger partial charge in [-0.15, -0.1) is 0 Å². The second-order valence-corrected chi connectivity index (χ2v) is 8.84. The Bertz CT molecular complexity index is 550. The Kier molecular flexibility index (Phi) is 2.34. The molecule has 21 heavy (non-hydrogen) atoms. The Balaban J connectivity index is 1.51. The summed E-state index contributed by atoms with van der Waals surface area (Å²) in [4.78, 5) is 11.8. The van der Waals surface area contributed by atoms with Crippen LogP contribution in [0.1, 0.15) is 58.8 Å². The lowest BCUT2D eigenvalue weighted by atomic mass is 9.47. The minimum absolute atomic E-state index is 0.325. The Hall–Kier alpha value is -0.630. The first-order chi connectivity index (χ1) is 10.0. The summed E-state index contributed by atoms with van der Waals surface area (Å²) in [6.07, 6.45) is 11.6. The summed E-state index contributed by atoms with van der Waals surface area (Å²) in [5, 5.41) is 0. The average Bonchev–Trinajstić information content (AvgIpc) is 3.17. The molecule has 0 bridgehead atoms. The molecular weight excluding hydrogens is 260 g/mol. The van der Waals surface area contributed by atoms with Gasteiger partial charge in [-0.2, -0.15) is 0 Å². The number of hydrogen-bond acceptors (Lipinski definition) is 2. The van der Waals surface area contributed by atoms with Crippen LogP contribution >= 0.6 is 0 Å². The highest BCUT2D eigenvalue weighted by molar-refractivity contribution is 5.91. The first kappa shape index (κ1) is 12.9. The van der Waals surface area contributed by atoms with Crippen LogP contribution in [0.3, 0.4) is 0 Å². The maximum atomic E-state index is 11.8. The zero-order valence-corrected chi connectivity index (χ0v) is 13.2. The smallest absolute Gasteiger partial charge is 0.155 e. The van der Waals surface area contributed by atoms with Gasteiger partial charge in [-0.25, -0.2) is 0 Å². The molecule has 0 N–H and O–H groups in total. The molecule has 1 aliphatic heterocycles. The van der Waals surface area contributed by atoms with Gasteiger partial charge < -0.3 is 4.74 Å². The van der Waals surface area contributed by atoms with Gasteiger partial charge in [-0.3, -0.25) is 4.79 Å². The summed E-state index contributed by atoms with van der Waals surface area (Å²) in [6, 6.07) is 0. The van der Waals surface area contributed by atoms with E-state index in [-0.39, 0.29) is 0 Å². The lowest BCUT2D eigenvalue weighted by Gasteiger charge is -2.57. The lowest BCUT2D eigenvalue weighted by molar-refractivity contribution is -0.117. The topological polar surface area (TPSA) is 29.6 Å². The van der Waals surface area contributed by atoms with E-state index in [1.165, 1.54) is 37.7 Å². The molecule has 2 heteroatoms. The molecule has 114 valence electrons. The minimum atomic E-state index is 0.325. The van der Waals surface area contributed by atoms with Crippen molar-refractivity contribution in [1.82, 2.24) is 0 Å². The molecule has 4 fully saturated rings. The van der Waals surface area contributed by atoms with Gasteiger partial charge in [-0.05, 0) is 73.2 Å². The molecule has 4 aliphatic carbocycles. The molecule has 3 saturated carbocycles. The Labute approximate surface area is 127 Å². The molecule has 1 heterocycles. The van der Waals surface area contributed by atoms with Gasteiger partial charge in [0.2, 0.25) is 0 Å². The highest BCUT2D eigenvalue weighted by atomic mass is 16.6. The molecule has 0 amide bonds. The van der Waals surface area contributed by atoms with E-state index in [4.69, 9.17) is 4.74 Å². The summed E-state index contributed by atoms with van der Waals surface area (Å²) < 4.78 is 5.89. The van der Waals surface area contributed by atoms with E-state index in [1.54, 1.807) is 0 Å². The van der Waals surface area contributed by atoms with Crippen molar-refractivity contribution in [3.8, 4) is 0 Å². The molecule has 0 aromatic rings. The van der Waals surface area contributed by atoms with Crippen LogP contribution in [-0.4, -0.2) is 18.0 Å². The highest BCUT2D eigenvalue weighted by Gasteiger charge is 2.67. The average molecular weight is 286 g/mol. The van der Waals surface area contributed by atoms with E-state index in [0.717, 1.165) is 30.6 Å².